The zero-order chi connectivity index (χ0) is 18.8. The molecule has 0 bridgehead atoms. The van der Waals surface area contributed by atoms with Crippen LogP contribution in [0.5, 0.6) is 0 Å². The average molecular weight is 354 g/mol. The average Bonchev–Trinajstić information content (AvgIpc) is 2.85. The molecule has 1 amide bonds. The predicted octanol–water partition coefficient (Wildman–Crippen LogP) is 0.755. The number of carboxylic acids is 1. The first-order chi connectivity index (χ1) is 12.4. The van der Waals surface area contributed by atoms with Crippen molar-refractivity contribution in [2.24, 2.45) is 18.9 Å². The number of amides is 1. The van der Waals surface area contributed by atoms with Crippen molar-refractivity contribution >= 4 is 17.6 Å². The Bertz CT molecular complexity index is 924. The van der Waals surface area contributed by atoms with Gasteiger partial charge in [0.2, 0.25) is 5.91 Å². The molecular formula is C19H20N3O4-. The van der Waals surface area contributed by atoms with Crippen molar-refractivity contribution < 1.29 is 14.7 Å². The van der Waals surface area contributed by atoms with Gasteiger partial charge in [-0.05, 0) is 31.9 Å². The molecule has 3 rings (SSSR count). The van der Waals surface area contributed by atoms with Gasteiger partial charge in [-0.15, -0.1) is 0 Å². The molecular weight excluding hydrogens is 334 g/mol. The van der Waals surface area contributed by atoms with Crippen molar-refractivity contribution in [2.75, 3.05) is 5.32 Å². The zero-order valence-corrected chi connectivity index (χ0v) is 14.6. The van der Waals surface area contributed by atoms with E-state index in [4.69, 9.17) is 0 Å². The summed E-state index contributed by atoms with van der Waals surface area (Å²) in [5.41, 5.74) is 1.06. The van der Waals surface area contributed by atoms with Crippen LogP contribution in [0, 0.1) is 18.8 Å². The van der Waals surface area contributed by atoms with Gasteiger partial charge in [-0.2, -0.15) is 0 Å². The number of carbonyl (C=O) groups is 2. The quantitative estimate of drug-likeness (QED) is 0.820. The van der Waals surface area contributed by atoms with Crippen molar-refractivity contribution in [3.05, 3.63) is 58.5 Å². The SMILES string of the molecule is Cc1c(NC(=O)[C@@H]2CC=CC[C@@H]2C(=O)[O-])c(=O)n(-c2ccccc2)n1C. The Balaban J connectivity index is 1.94. The van der Waals surface area contributed by atoms with E-state index in [1.165, 1.54) is 4.68 Å². The smallest absolute Gasteiger partial charge is 0.295 e. The standard InChI is InChI=1S/C19H21N3O4/c1-12-16(18(24)22(21(12)2)13-8-4-3-5-9-13)20-17(23)14-10-6-7-11-15(14)19(25)26/h3-9,14-15H,10-11H2,1-2H3,(H,20,23)(H,25,26)/p-1/t14-,15+/m1/s1. The monoisotopic (exact) mass is 354 g/mol. The molecule has 1 heterocycles. The van der Waals surface area contributed by atoms with Gasteiger partial charge >= 0.3 is 0 Å². The number of rotatable bonds is 4. The number of para-hydroxylation sites is 1. The van der Waals surface area contributed by atoms with Crippen molar-refractivity contribution in [1.82, 2.24) is 9.36 Å². The summed E-state index contributed by atoms with van der Waals surface area (Å²) in [5.74, 6) is -3.37. The number of allylic oxidation sites excluding steroid dienone is 2. The van der Waals surface area contributed by atoms with Gasteiger partial charge < -0.3 is 15.2 Å². The molecule has 0 spiro atoms. The molecule has 0 unspecified atom stereocenters. The van der Waals surface area contributed by atoms with Crippen LogP contribution < -0.4 is 16.0 Å². The van der Waals surface area contributed by atoms with Gasteiger partial charge in [0, 0.05) is 18.9 Å². The Morgan fingerprint density at radius 2 is 1.73 bits per heavy atom. The normalized spacial score (nSPS) is 19.3. The van der Waals surface area contributed by atoms with Crippen molar-refractivity contribution in [1.29, 1.82) is 0 Å². The van der Waals surface area contributed by atoms with Crippen LogP contribution in [-0.2, 0) is 16.6 Å². The largest absolute Gasteiger partial charge is 0.550 e. The highest BCUT2D eigenvalue weighted by Crippen LogP contribution is 2.27. The first-order valence-corrected chi connectivity index (χ1v) is 8.42. The van der Waals surface area contributed by atoms with Gasteiger partial charge in [0.05, 0.1) is 17.3 Å². The molecule has 0 saturated heterocycles. The third-order valence-corrected chi connectivity index (χ3v) is 4.87. The summed E-state index contributed by atoms with van der Waals surface area (Å²) in [6, 6.07) is 9.08. The molecule has 2 atom stereocenters. The van der Waals surface area contributed by atoms with Gasteiger partial charge in [-0.25, -0.2) is 4.68 Å². The van der Waals surface area contributed by atoms with E-state index in [2.05, 4.69) is 5.32 Å². The Hall–Kier alpha value is -3.09. The first-order valence-electron chi connectivity index (χ1n) is 8.42. The second-order valence-corrected chi connectivity index (χ2v) is 6.40. The second kappa shape index (κ2) is 7.03. The van der Waals surface area contributed by atoms with E-state index in [9.17, 15) is 19.5 Å². The molecule has 1 aliphatic carbocycles. The molecule has 7 heteroatoms. The summed E-state index contributed by atoms with van der Waals surface area (Å²) in [6.45, 7) is 1.73. The molecule has 1 aromatic carbocycles. The summed E-state index contributed by atoms with van der Waals surface area (Å²) in [5, 5.41) is 13.9. The summed E-state index contributed by atoms with van der Waals surface area (Å²) < 4.78 is 3.12. The van der Waals surface area contributed by atoms with E-state index in [-0.39, 0.29) is 17.7 Å². The van der Waals surface area contributed by atoms with Crippen LogP contribution in [-0.4, -0.2) is 21.2 Å². The molecule has 1 aliphatic rings. The van der Waals surface area contributed by atoms with E-state index in [1.807, 2.05) is 18.2 Å². The Morgan fingerprint density at radius 3 is 2.35 bits per heavy atom. The van der Waals surface area contributed by atoms with Gasteiger partial charge in [0.1, 0.15) is 5.69 Å². The fraction of sp³-hybridized carbons (Fsp3) is 0.316. The lowest BCUT2D eigenvalue weighted by Crippen LogP contribution is -2.42. The van der Waals surface area contributed by atoms with E-state index in [0.29, 0.717) is 17.8 Å². The van der Waals surface area contributed by atoms with Crippen molar-refractivity contribution in [3.63, 3.8) is 0 Å². The maximum absolute atomic E-state index is 12.8. The second-order valence-electron chi connectivity index (χ2n) is 6.40. The van der Waals surface area contributed by atoms with Crippen molar-refractivity contribution in [3.8, 4) is 5.69 Å². The third kappa shape index (κ3) is 3.08. The Kier molecular flexibility index (Phi) is 4.79. The molecule has 0 aliphatic heterocycles. The fourth-order valence-corrected chi connectivity index (χ4v) is 3.29. The van der Waals surface area contributed by atoms with Crippen LogP contribution in [0.4, 0.5) is 5.69 Å². The summed E-state index contributed by atoms with van der Waals surface area (Å²) in [4.78, 5) is 36.8. The van der Waals surface area contributed by atoms with Crippen LogP contribution in [0.3, 0.4) is 0 Å². The van der Waals surface area contributed by atoms with E-state index in [1.54, 1.807) is 42.9 Å². The summed E-state index contributed by atoms with van der Waals surface area (Å²) >= 11 is 0. The van der Waals surface area contributed by atoms with Crippen LogP contribution in [0.1, 0.15) is 18.5 Å². The minimum Gasteiger partial charge on any atom is -0.550 e. The van der Waals surface area contributed by atoms with Crippen LogP contribution in [0.2, 0.25) is 0 Å². The molecule has 1 aromatic heterocycles. The topological polar surface area (TPSA) is 96.2 Å². The van der Waals surface area contributed by atoms with Crippen molar-refractivity contribution in [2.45, 2.75) is 19.8 Å². The molecule has 26 heavy (non-hydrogen) atoms. The summed E-state index contributed by atoms with van der Waals surface area (Å²) in [7, 11) is 1.73. The number of hydrogen-bond donors (Lipinski definition) is 1. The zero-order valence-electron chi connectivity index (χ0n) is 14.6. The van der Waals surface area contributed by atoms with E-state index < -0.39 is 23.7 Å². The Morgan fingerprint density at radius 1 is 1.12 bits per heavy atom. The van der Waals surface area contributed by atoms with Crippen LogP contribution in [0.15, 0.2) is 47.3 Å². The van der Waals surface area contributed by atoms with Gasteiger partial charge in [0.15, 0.2) is 0 Å². The van der Waals surface area contributed by atoms with Gasteiger partial charge in [0.25, 0.3) is 5.56 Å². The predicted molar refractivity (Wildman–Crippen MR) is 94.7 cm³/mol. The maximum atomic E-state index is 12.8. The highest BCUT2D eigenvalue weighted by Gasteiger charge is 2.31. The highest BCUT2D eigenvalue weighted by atomic mass is 16.4. The molecule has 0 fully saturated rings. The number of aliphatic carboxylic acids is 1. The number of carboxylic acid groups (broad SMARTS) is 1. The van der Waals surface area contributed by atoms with Crippen LogP contribution >= 0.6 is 0 Å². The number of benzene rings is 1. The number of nitrogens with one attached hydrogen (secondary N) is 1. The van der Waals surface area contributed by atoms with Crippen LogP contribution in [0.25, 0.3) is 5.69 Å². The Labute approximate surface area is 150 Å². The lowest BCUT2D eigenvalue weighted by atomic mass is 9.82. The molecule has 136 valence electrons. The molecule has 2 aromatic rings. The number of carbonyl (C=O) groups excluding carboxylic acids is 2. The minimum absolute atomic E-state index is 0.160. The third-order valence-electron chi connectivity index (χ3n) is 4.87. The highest BCUT2D eigenvalue weighted by molar-refractivity contribution is 5.95. The number of aromatic nitrogens is 2. The molecule has 0 saturated carbocycles. The number of nitrogens with zero attached hydrogens (tertiary/aromatic N) is 2. The molecule has 7 nitrogen and oxygen atoms in total. The fourth-order valence-electron chi connectivity index (χ4n) is 3.29. The number of hydrogen-bond acceptors (Lipinski definition) is 4. The molecule has 0 radical (unpaired) electrons. The maximum Gasteiger partial charge on any atom is 0.295 e. The lowest BCUT2D eigenvalue weighted by Gasteiger charge is -2.28. The van der Waals surface area contributed by atoms with Gasteiger partial charge in [-0.1, -0.05) is 30.4 Å². The minimum atomic E-state index is -1.25. The summed E-state index contributed by atoms with van der Waals surface area (Å²) in [6.07, 6.45) is 4.08. The lowest BCUT2D eigenvalue weighted by molar-refractivity contribution is -0.313. The van der Waals surface area contributed by atoms with E-state index >= 15 is 0 Å². The van der Waals surface area contributed by atoms with E-state index in [0.717, 1.165) is 0 Å². The molecule has 1 N–H and O–H groups in total. The van der Waals surface area contributed by atoms with Gasteiger partial charge in [-0.3, -0.25) is 14.3 Å². The number of anilines is 1. The first kappa shape index (κ1) is 17.7.